The Labute approximate surface area is 301 Å². The van der Waals surface area contributed by atoms with Crippen LogP contribution in [0.3, 0.4) is 0 Å². The van der Waals surface area contributed by atoms with Crippen LogP contribution in [0.5, 0.6) is 0 Å². The second kappa shape index (κ2) is 33.0. The Balaban J connectivity index is 2.18. The Bertz CT molecular complexity index is 815. The van der Waals surface area contributed by atoms with E-state index in [9.17, 15) is 14.4 Å². The predicted molar refractivity (Wildman–Crippen MR) is 203 cm³/mol. The maximum atomic E-state index is 12.7. The molecule has 0 heterocycles. The van der Waals surface area contributed by atoms with Gasteiger partial charge in [0, 0.05) is 25.4 Å². The minimum absolute atomic E-state index is 0.0249. The van der Waals surface area contributed by atoms with Gasteiger partial charge in [-0.15, -0.1) is 0 Å². The molecule has 0 saturated heterocycles. The molecule has 0 atom stereocenters. The Morgan fingerprint density at radius 1 is 0.571 bits per heavy atom. The molecule has 1 rings (SSSR count). The summed E-state index contributed by atoms with van der Waals surface area (Å²) in [7, 11) is 2.10. The zero-order valence-electron chi connectivity index (χ0n) is 32.1. The fourth-order valence-electron chi connectivity index (χ4n) is 5.99. The molecular formula is C42H75NO6. The maximum absolute atomic E-state index is 12.7. The third-order valence-electron chi connectivity index (χ3n) is 9.41. The largest absolute Gasteiger partial charge is 0.462 e. The van der Waals surface area contributed by atoms with Gasteiger partial charge < -0.3 is 19.1 Å². The van der Waals surface area contributed by atoms with Crippen molar-refractivity contribution in [1.82, 2.24) is 4.90 Å². The Kier molecular flexibility index (Phi) is 30.2. The summed E-state index contributed by atoms with van der Waals surface area (Å²) in [5.41, 5.74) is 0. The first kappa shape index (κ1) is 44.9. The molecule has 0 bridgehead atoms. The van der Waals surface area contributed by atoms with Gasteiger partial charge in [-0.1, -0.05) is 115 Å². The fraction of sp³-hybridized carbons (Fsp3) is 0.833. The number of hydrogen-bond acceptors (Lipinski definition) is 7. The molecule has 7 nitrogen and oxygen atoms in total. The van der Waals surface area contributed by atoms with Crippen molar-refractivity contribution in [2.24, 2.45) is 0 Å². The summed E-state index contributed by atoms with van der Waals surface area (Å²) in [5.74, 6) is -0.288. The second-order valence-electron chi connectivity index (χ2n) is 14.2. The summed E-state index contributed by atoms with van der Waals surface area (Å²) in [6.45, 7) is 5.97. The van der Waals surface area contributed by atoms with Crippen LogP contribution in [-0.2, 0) is 28.6 Å². The summed E-state index contributed by atoms with van der Waals surface area (Å²) >= 11 is 0. The molecule has 1 aliphatic rings. The molecular weight excluding hydrogens is 614 g/mol. The quantitative estimate of drug-likeness (QED) is 0.0283. The fourth-order valence-corrected chi connectivity index (χ4v) is 5.99. The van der Waals surface area contributed by atoms with Crippen molar-refractivity contribution in [1.29, 1.82) is 0 Å². The highest BCUT2D eigenvalue weighted by Crippen LogP contribution is 2.25. The topological polar surface area (TPSA) is 82.1 Å². The SMILES string of the molecule is CCCCCC/C=C\COC(=O)CCCCCCCC(CCCCCCCC(=O)OC/C=C\CCCCCC)OC(=O)CCN(C)C1CC1. The Morgan fingerprint density at radius 2 is 1.02 bits per heavy atom. The summed E-state index contributed by atoms with van der Waals surface area (Å²) in [6.07, 6.45) is 36.1. The highest BCUT2D eigenvalue weighted by atomic mass is 16.5. The molecule has 0 radical (unpaired) electrons. The molecule has 0 N–H and O–H groups in total. The lowest BCUT2D eigenvalue weighted by Crippen LogP contribution is -2.26. The van der Waals surface area contributed by atoms with E-state index in [1.54, 1.807) is 0 Å². The van der Waals surface area contributed by atoms with E-state index in [0.29, 0.717) is 38.5 Å². The number of carbonyl (C=O) groups is 3. The normalized spacial score (nSPS) is 13.2. The van der Waals surface area contributed by atoms with Crippen molar-refractivity contribution in [2.45, 2.75) is 199 Å². The molecule has 0 amide bonds. The van der Waals surface area contributed by atoms with Crippen molar-refractivity contribution in [3.63, 3.8) is 0 Å². The van der Waals surface area contributed by atoms with Crippen molar-refractivity contribution in [2.75, 3.05) is 26.8 Å². The predicted octanol–water partition coefficient (Wildman–Crippen LogP) is 11.0. The van der Waals surface area contributed by atoms with Crippen molar-refractivity contribution in [3.05, 3.63) is 24.3 Å². The summed E-state index contributed by atoms with van der Waals surface area (Å²) in [6, 6.07) is 0.649. The van der Waals surface area contributed by atoms with Crippen LogP contribution in [0.15, 0.2) is 24.3 Å². The van der Waals surface area contributed by atoms with Gasteiger partial charge in [-0.25, -0.2) is 0 Å². The van der Waals surface area contributed by atoms with E-state index < -0.39 is 0 Å². The molecule has 0 aliphatic heterocycles. The first-order valence-electron chi connectivity index (χ1n) is 20.5. The first-order chi connectivity index (χ1) is 24.0. The third-order valence-corrected chi connectivity index (χ3v) is 9.41. The summed E-state index contributed by atoms with van der Waals surface area (Å²) in [4.78, 5) is 39.0. The van der Waals surface area contributed by atoms with Crippen molar-refractivity contribution in [3.8, 4) is 0 Å². The average molecular weight is 690 g/mol. The van der Waals surface area contributed by atoms with Crippen LogP contribution in [0.2, 0.25) is 0 Å². The van der Waals surface area contributed by atoms with Crippen molar-refractivity contribution >= 4 is 17.9 Å². The second-order valence-corrected chi connectivity index (χ2v) is 14.2. The highest BCUT2D eigenvalue weighted by molar-refractivity contribution is 5.70. The highest BCUT2D eigenvalue weighted by Gasteiger charge is 2.26. The lowest BCUT2D eigenvalue weighted by atomic mass is 10.0. The Morgan fingerprint density at radius 3 is 1.49 bits per heavy atom. The number of ether oxygens (including phenoxy) is 3. The van der Waals surface area contributed by atoms with Gasteiger partial charge >= 0.3 is 17.9 Å². The minimum Gasteiger partial charge on any atom is -0.462 e. The van der Waals surface area contributed by atoms with Crippen LogP contribution >= 0.6 is 0 Å². The van der Waals surface area contributed by atoms with Gasteiger partial charge in [0.2, 0.25) is 0 Å². The van der Waals surface area contributed by atoms with Crippen LogP contribution in [0, 0.1) is 0 Å². The summed E-state index contributed by atoms with van der Waals surface area (Å²) in [5, 5.41) is 0. The molecule has 1 aliphatic carbocycles. The molecule has 0 aromatic carbocycles. The third kappa shape index (κ3) is 30.4. The maximum Gasteiger partial charge on any atom is 0.307 e. The van der Waals surface area contributed by atoms with Gasteiger partial charge in [-0.2, -0.15) is 0 Å². The number of hydrogen-bond donors (Lipinski definition) is 0. The van der Waals surface area contributed by atoms with Gasteiger partial charge in [-0.05, 0) is 84.1 Å². The minimum atomic E-state index is -0.105. The summed E-state index contributed by atoms with van der Waals surface area (Å²) < 4.78 is 16.6. The Hall–Kier alpha value is -2.15. The van der Waals surface area contributed by atoms with E-state index in [-0.39, 0.29) is 24.0 Å². The molecule has 1 fully saturated rings. The number of nitrogens with zero attached hydrogens (tertiary/aromatic N) is 1. The zero-order valence-corrected chi connectivity index (χ0v) is 32.1. The molecule has 1 saturated carbocycles. The van der Waals surface area contributed by atoms with Gasteiger partial charge in [0.1, 0.15) is 19.3 Å². The number of carbonyl (C=O) groups excluding carboxylic acids is 3. The van der Waals surface area contributed by atoms with Gasteiger partial charge in [0.05, 0.1) is 6.42 Å². The van der Waals surface area contributed by atoms with Gasteiger partial charge in [0.25, 0.3) is 0 Å². The number of rotatable bonds is 35. The first-order valence-corrected chi connectivity index (χ1v) is 20.5. The van der Waals surface area contributed by atoms with Gasteiger partial charge in [-0.3, -0.25) is 14.4 Å². The van der Waals surface area contributed by atoms with E-state index in [0.717, 1.165) is 96.4 Å². The standard InChI is InChI=1S/C42H75NO6/c1-4-6-8-10-12-20-26-36-47-40(44)30-24-18-14-16-22-28-39(49-42(46)34-35-43(3)38-32-33-38)29-23-17-15-19-25-31-41(45)48-37-27-21-13-11-9-7-5-2/h20-21,26-27,38-39H,4-19,22-25,28-37H2,1-3H3/b26-20-,27-21-. The number of esters is 3. The van der Waals surface area contributed by atoms with E-state index in [1.165, 1.54) is 64.2 Å². The van der Waals surface area contributed by atoms with Crippen molar-refractivity contribution < 1.29 is 28.6 Å². The molecule has 7 heteroatoms. The lowest BCUT2D eigenvalue weighted by Gasteiger charge is -2.20. The lowest BCUT2D eigenvalue weighted by molar-refractivity contribution is -0.150. The van der Waals surface area contributed by atoms with E-state index >= 15 is 0 Å². The van der Waals surface area contributed by atoms with E-state index in [2.05, 4.69) is 37.9 Å². The van der Waals surface area contributed by atoms with Crippen LogP contribution in [-0.4, -0.2) is 61.8 Å². The molecule has 0 spiro atoms. The van der Waals surface area contributed by atoms with E-state index in [4.69, 9.17) is 14.2 Å². The number of allylic oxidation sites excluding steroid dienone is 2. The molecule has 49 heavy (non-hydrogen) atoms. The van der Waals surface area contributed by atoms with Gasteiger partial charge in [0.15, 0.2) is 0 Å². The molecule has 0 aromatic heterocycles. The van der Waals surface area contributed by atoms with Crippen LogP contribution < -0.4 is 0 Å². The monoisotopic (exact) mass is 690 g/mol. The van der Waals surface area contributed by atoms with Crippen LogP contribution in [0.4, 0.5) is 0 Å². The molecule has 0 aromatic rings. The smallest absolute Gasteiger partial charge is 0.307 e. The average Bonchev–Trinajstić information content (AvgIpc) is 3.94. The van der Waals surface area contributed by atoms with E-state index in [1.807, 2.05) is 12.2 Å². The molecule has 0 unspecified atom stereocenters. The number of unbranched alkanes of at least 4 members (excludes halogenated alkanes) is 16. The van der Waals surface area contributed by atoms with Crippen LogP contribution in [0.1, 0.15) is 187 Å². The van der Waals surface area contributed by atoms with Crippen LogP contribution in [0.25, 0.3) is 0 Å². The molecule has 284 valence electrons. The zero-order chi connectivity index (χ0) is 35.6.